The molecular weight excluding hydrogens is 362 g/mol. The van der Waals surface area contributed by atoms with E-state index in [0.29, 0.717) is 0 Å². The molecule has 0 atom stereocenters. The Hall–Kier alpha value is -0.980. The van der Waals surface area contributed by atoms with Crippen molar-refractivity contribution in [2.24, 2.45) is 0 Å². The highest BCUT2D eigenvalue weighted by molar-refractivity contribution is 5.52. The van der Waals surface area contributed by atoms with Gasteiger partial charge < -0.3 is 4.90 Å². The lowest BCUT2D eigenvalue weighted by Crippen LogP contribution is -2.26. The number of anilines is 1. The van der Waals surface area contributed by atoms with Gasteiger partial charge in [0.05, 0.1) is 0 Å². The van der Waals surface area contributed by atoms with Gasteiger partial charge in [0.15, 0.2) is 0 Å². The maximum absolute atomic E-state index is 2.68. The van der Waals surface area contributed by atoms with Crippen LogP contribution in [0.5, 0.6) is 0 Å². The Morgan fingerprint density at radius 1 is 0.500 bits per heavy atom. The third-order valence-corrected chi connectivity index (χ3v) is 6.52. The third-order valence-electron chi connectivity index (χ3n) is 6.52. The van der Waals surface area contributed by atoms with Crippen molar-refractivity contribution in [3.63, 3.8) is 0 Å². The van der Waals surface area contributed by atoms with Crippen molar-refractivity contribution in [1.82, 2.24) is 0 Å². The molecule has 0 heterocycles. The molecule has 0 N–H and O–H groups in total. The lowest BCUT2D eigenvalue weighted by molar-refractivity contribution is 0.547. The second kappa shape index (κ2) is 20.0. The molecule has 0 aliphatic carbocycles. The summed E-state index contributed by atoms with van der Waals surface area (Å²) in [4.78, 5) is 2.68. The fourth-order valence-corrected chi connectivity index (χ4v) is 4.50. The highest BCUT2D eigenvalue weighted by atomic mass is 15.1. The highest BCUT2D eigenvalue weighted by Gasteiger charge is 2.08. The summed E-state index contributed by atoms with van der Waals surface area (Å²) in [6.45, 7) is 9.34. The average molecular weight is 416 g/mol. The predicted molar refractivity (Wildman–Crippen MR) is 138 cm³/mol. The first kappa shape index (κ1) is 27.1. The van der Waals surface area contributed by atoms with Gasteiger partial charge in [-0.1, -0.05) is 135 Å². The molecule has 0 aromatic heterocycles. The van der Waals surface area contributed by atoms with E-state index < -0.39 is 0 Å². The van der Waals surface area contributed by atoms with Crippen LogP contribution in [0.4, 0.5) is 5.69 Å². The first-order valence-corrected chi connectivity index (χ1v) is 13.6. The molecule has 1 aromatic rings. The Balaban J connectivity index is 2.22. The van der Waals surface area contributed by atoms with Crippen LogP contribution >= 0.6 is 0 Å². The molecule has 174 valence electrons. The van der Waals surface area contributed by atoms with Gasteiger partial charge in [0, 0.05) is 18.8 Å². The van der Waals surface area contributed by atoms with Crippen LogP contribution in [-0.2, 0) is 0 Å². The lowest BCUT2D eigenvalue weighted by atomic mass is 10.1. The maximum atomic E-state index is 2.68. The summed E-state index contributed by atoms with van der Waals surface area (Å²) in [5.74, 6) is 0. The molecular formula is C29H53N. The summed E-state index contributed by atoms with van der Waals surface area (Å²) >= 11 is 0. The van der Waals surface area contributed by atoms with Crippen molar-refractivity contribution in [3.05, 3.63) is 29.8 Å². The zero-order valence-electron chi connectivity index (χ0n) is 20.9. The number of nitrogens with zero attached hydrogens (tertiary/aromatic N) is 1. The molecule has 1 nitrogen and oxygen atoms in total. The van der Waals surface area contributed by atoms with E-state index >= 15 is 0 Å². The van der Waals surface area contributed by atoms with Gasteiger partial charge in [0.2, 0.25) is 0 Å². The van der Waals surface area contributed by atoms with Crippen LogP contribution in [0.15, 0.2) is 24.3 Å². The van der Waals surface area contributed by atoms with E-state index in [4.69, 9.17) is 0 Å². The summed E-state index contributed by atoms with van der Waals surface area (Å²) in [6, 6.07) is 8.99. The van der Waals surface area contributed by atoms with Crippen molar-refractivity contribution >= 4 is 5.69 Å². The minimum Gasteiger partial charge on any atom is -0.371 e. The molecule has 30 heavy (non-hydrogen) atoms. The van der Waals surface area contributed by atoms with Crippen molar-refractivity contribution in [2.75, 3.05) is 18.0 Å². The summed E-state index contributed by atoms with van der Waals surface area (Å²) < 4.78 is 0. The van der Waals surface area contributed by atoms with Crippen LogP contribution in [0.2, 0.25) is 0 Å². The van der Waals surface area contributed by atoms with E-state index in [2.05, 4.69) is 49.9 Å². The van der Waals surface area contributed by atoms with Gasteiger partial charge >= 0.3 is 0 Å². The number of rotatable bonds is 21. The third kappa shape index (κ3) is 14.1. The van der Waals surface area contributed by atoms with Crippen LogP contribution in [0, 0.1) is 6.92 Å². The quantitative estimate of drug-likeness (QED) is 0.180. The number of para-hydroxylation sites is 1. The van der Waals surface area contributed by atoms with Crippen LogP contribution in [0.25, 0.3) is 0 Å². The summed E-state index contributed by atoms with van der Waals surface area (Å²) in [5.41, 5.74) is 2.90. The van der Waals surface area contributed by atoms with Crippen LogP contribution in [-0.4, -0.2) is 13.1 Å². The molecule has 0 bridgehead atoms. The van der Waals surface area contributed by atoms with Crippen molar-refractivity contribution in [1.29, 1.82) is 0 Å². The van der Waals surface area contributed by atoms with Gasteiger partial charge in [0.1, 0.15) is 0 Å². The molecule has 0 aliphatic rings. The molecule has 1 aromatic carbocycles. The Morgan fingerprint density at radius 2 is 0.867 bits per heavy atom. The average Bonchev–Trinajstić information content (AvgIpc) is 2.76. The van der Waals surface area contributed by atoms with Gasteiger partial charge in [-0.15, -0.1) is 0 Å². The van der Waals surface area contributed by atoms with Crippen molar-refractivity contribution in [2.45, 2.75) is 136 Å². The molecule has 0 saturated heterocycles. The van der Waals surface area contributed by atoms with E-state index in [1.807, 2.05) is 0 Å². The second-order valence-corrected chi connectivity index (χ2v) is 9.43. The minimum atomic E-state index is 1.23. The molecule has 0 amide bonds. The zero-order valence-corrected chi connectivity index (χ0v) is 20.9. The summed E-state index contributed by atoms with van der Waals surface area (Å²) in [7, 11) is 0. The molecule has 0 radical (unpaired) electrons. The first-order valence-electron chi connectivity index (χ1n) is 13.6. The number of hydrogen-bond acceptors (Lipinski definition) is 1. The standard InChI is InChI=1S/C29H53N/c1-4-6-8-10-12-14-15-17-19-23-27-30(29-25-21-20-24-28(29)3)26-22-18-16-13-11-9-7-5-2/h20-21,24-25H,4-19,22-23,26-27H2,1-3H3. The summed E-state index contributed by atoms with van der Waals surface area (Å²) in [5, 5.41) is 0. The molecule has 0 aliphatic heterocycles. The van der Waals surface area contributed by atoms with Gasteiger partial charge in [0.25, 0.3) is 0 Å². The number of hydrogen-bond donors (Lipinski definition) is 0. The Kier molecular flexibility index (Phi) is 18.0. The van der Waals surface area contributed by atoms with Crippen LogP contribution in [0.1, 0.15) is 135 Å². The highest BCUT2D eigenvalue weighted by Crippen LogP contribution is 2.21. The van der Waals surface area contributed by atoms with Crippen LogP contribution in [0.3, 0.4) is 0 Å². The number of aryl methyl sites for hydroxylation is 1. The summed E-state index contributed by atoms with van der Waals surface area (Å²) in [6.07, 6.45) is 25.4. The molecule has 0 fully saturated rings. The Labute approximate surface area is 190 Å². The normalized spacial score (nSPS) is 11.2. The zero-order chi connectivity index (χ0) is 21.7. The Morgan fingerprint density at radius 3 is 1.27 bits per heavy atom. The molecule has 1 heteroatoms. The van der Waals surface area contributed by atoms with Gasteiger partial charge in [-0.25, -0.2) is 0 Å². The molecule has 0 saturated carbocycles. The fraction of sp³-hybridized carbons (Fsp3) is 0.793. The van der Waals surface area contributed by atoms with Crippen molar-refractivity contribution in [3.8, 4) is 0 Å². The number of benzene rings is 1. The van der Waals surface area contributed by atoms with E-state index in [-0.39, 0.29) is 0 Å². The van der Waals surface area contributed by atoms with Crippen LogP contribution < -0.4 is 4.90 Å². The number of unbranched alkanes of at least 4 members (excludes halogenated alkanes) is 16. The second-order valence-electron chi connectivity index (χ2n) is 9.43. The maximum Gasteiger partial charge on any atom is 0.0395 e. The largest absolute Gasteiger partial charge is 0.371 e. The van der Waals surface area contributed by atoms with Gasteiger partial charge in [-0.05, 0) is 31.4 Å². The first-order chi connectivity index (χ1) is 14.8. The van der Waals surface area contributed by atoms with Crippen molar-refractivity contribution < 1.29 is 0 Å². The fourth-order valence-electron chi connectivity index (χ4n) is 4.50. The predicted octanol–water partition coefficient (Wildman–Crippen LogP) is 9.86. The monoisotopic (exact) mass is 415 g/mol. The van der Waals surface area contributed by atoms with E-state index in [1.54, 1.807) is 0 Å². The Bertz CT molecular complexity index is 481. The molecule has 0 unspecified atom stereocenters. The SMILES string of the molecule is CCCCCCCCCCCCN(CCCCCCCCCC)c1ccccc1C. The minimum absolute atomic E-state index is 1.23. The molecule has 1 rings (SSSR count). The molecule has 0 spiro atoms. The lowest BCUT2D eigenvalue weighted by Gasteiger charge is -2.26. The smallest absolute Gasteiger partial charge is 0.0395 e. The van der Waals surface area contributed by atoms with E-state index in [1.165, 1.54) is 140 Å². The van der Waals surface area contributed by atoms with Gasteiger partial charge in [-0.3, -0.25) is 0 Å². The topological polar surface area (TPSA) is 3.24 Å². The van der Waals surface area contributed by atoms with Gasteiger partial charge in [-0.2, -0.15) is 0 Å². The van der Waals surface area contributed by atoms with E-state index in [9.17, 15) is 0 Å². The van der Waals surface area contributed by atoms with E-state index in [0.717, 1.165) is 0 Å².